The summed E-state index contributed by atoms with van der Waals surface area (Å²) in [5.74, 6) is 0.445. The Hall–Kier alpha value is -3.44. The summed E-state index contributed by atoms with van der Waals surface area (Å²) in [6, 6.07) is 8.24. The third-order valence-corrected chi connectivity index (χ3v) is 8.07. The fourth-order valence-electron chi connectivity index (χ4n) is 5.07. The minimum absolute atomic E-state index is 0.0190. The number of pyridine rings is 1. The third kappa shape index (κ3) is 5.53. The molecule has 0 saturated carbocycles. The average Bonchev–Trinajstić information content (AvgIpc) is 3.52. The number of sulfonamides is 1. The van der Waals surface area contributed by atoms with E-state index in [0.29, 0.717) is 11.6 Å². The molecule has 0 bridgehead atoms. The monoisotopic (exact) mass is 540 g/mol. The minimum atomic E-state index is -4.23. The van der Waals surface area contributed by atoms with Crippen LogP contribution < -0.4 is 14.8 Å². The van der Waals surface area contributed by atoms with Crippen molar-refractivity contribution in [3.63, 3.8) is 0 Å². The van der Waals surface area contributed by atoms with Gasteiger partial charge in [-0.3, -0.25) is 4.68 Å². The summed E-state index contributed by atoms with van der Waals surface area (Å²) >= 11 is 0. The van der Waals surface area contributed by atoms with E-state index in [1.54, 1.807) is 30.1 Å². The normalized spacial score (nSPS) is 14.0. The Morgan fingerprint density at radius 2 is 1.95 bits per heavy atom. The van der Waals surface area contributed by atoms with Crippen molar-refractivity contribution in [2.45, 2.75) is 63.6 Å². The number of aryl methyl sites for hydroxylation is 1. The number of ether oxygens (including phenoxy) is 1. The van der Waals surface area contributed by atoms with Crippen molar-refractivity contribution < 1.29 is 17.9 Å². The predicted octanol–water partition coefficient (Wildman–Crippen LogP) is 4.55. The lowest BCUT2D eigenvalue weighted by Crippen LogP contribution is -2.35. The van der Waals surface area contributed by atoms with Gasteiger partial charge in [-0.15, -0.1) is 0 Å². The van der Waals surface area contributed by atoms with E-state index in [9.17, 15) is 13.2 Å². The Morgan fingerprint density at radius 3 is 2.61 bits per heavy atom. The Kier molecular flexibility index (Phi) is 8.08. The Morgan fingerprint density at radius 1 is 1.18 bits per heavy atom. The highest BCUT2D eigenvalue weighted by molar-refractivity contribution is 7.90. The maximum Gasteiger partial charge on any atom is 0.333 e. The van der Waals surface area contributed by atoms with Crippen molar-refractivity contribution in [3.8, 4) is 17.0 Å². The number of methoxy groups -OCH3 is 1. The highest BCUT2D eigenvalue weighted by Crippen LogP contribution is 2.38. The van der Waals surface area contributed by atoms with Crippen molar-refractivity contribution in [1.82, 2.24) is 24.4 Å². The number of nitrogens with zero attached hydrogens (tertiary/aromatic N) is 4. The van der Waals surface area contributed by atoms with Gasteiger partial charge in [-0.1, -0.05) is 19.1 Å². The Bertz CT molecular complexity index is 1430. The van der Waals surface area contributed by atoms with Gasteiger partial charge < -0.3 is 15.0 Å². The molecule has 204 valence electrons. The first kappa shape index (κ1) is 27.6. The van der Waals surface area contributed by atoms with E-state index >= 15 is 0 Å². The fourth-order valence-corrected chi connectivity index (χ4v) is 5.94. The van der Waals surface area contributed by atoms with Crippen LogP contribution in [0.1, 0.15) is 62.5 Å². The first-order chi connectivity index (χ1) is 18.1. The zero-order valence-electron chi connectivity index (χ0n) is 22.8. The maximum atomic E-state index is 13.3. The van der Waals surface area contributed by atoms with Crippen LogP contribution in [0.15, 0.2) is 41.6 Å². The van der Waals surface area contributed by atoms with E-state index < -0.39 is 16.1 Å². The number of aromatic nitrogens is 3. The molecule has 10 nitrogen and oxygen atoms in total. The van der Waals surface area contributed by atoms with Crippen molar-refractivity contribution in [2.75, 3.05) is 26.5 Å². The van der Waals surface area contributed by atoms with E-state index in [1.807, 2.05) is 51.9 Å². The number of amides is 2. The summed E-state index contributed by atoms with van der Waals surface area (Å²) in [5, 5.41) is 7.02. The third-order valence-electron chi connectivity index (χ3n) is 6.86. The van der Waals surface area contributed by atoms with Crippen LogP contribution in [-0.2, 0) is 22.9 Å². The number of benzene rings is 1. The molecule has 0 fully saturated rings. The molecule has 1 atom stereocenters. The summed E-state index contributed by atoms with van der Waals surface area (Å²) in [6.07, 6.45) is 5.08. The van der Waals surface area contributed by atoms with Gasteiger partial charge in [0.25, 0.3) is 10.0 Å². The van der Waals surface area contributed by atoms with Gasteiger partial charge in [0, 0.05) is 29.9 Å². The van der Waals surface area contributed by atoms with Crippen molar-refractivity contribution in [2.24, 2.45) is 0 Å². The van der Waals surface area contributed by atoms with Crippen LogP contribution in [0.4, 0.5) is 10.5 Å². The van der Waals surface area contributed by atoms with Crippen LogP contribution in [0.2, 0.25) is 0 Å². The molecule has 3 aromatic rings. The minimum Gasteiger partial charge on any atom is -0.481 e. The second-order valence-corrected chi connectivity index (χ2v) is 11.6. The topological polar surface area (TPSA) is 118 Å². The number of nitrogens with one attached hydrogen (secondary N) is 2. The van der Waals surface area contributed by atoms with Crippen LogP contribution in [0, 0.1) is 0 Å². The standard InChI is InChI=1S/C27H36N6O4S/c1-7-22(32(4)5)23-16-25(30-33(23)17(2)3)38(35,36)31-27(34)29-26-20-10-8-9-18(20)11-12-21(26)19-13-14-28-24(15-19)37-6/h11-17,22H,7-10H2,1-6H3,(H2,29,31,34). The van der Waals surface area contributed by atoms with E-state index in [2.05, 4.69) is 26.2 Å². The molecule has 0 aliphatic heterocycles. The summed E-state index contributed by atoms with van der Waals surface area (Å²) < 4.78 is 35.7. The van der Waals surface area contributed by atoms with Crippen LogP contribution in [0.5, 0.6) is 5.88 Å². The summed E-state index contributed by atoms with van der Waals surface area (Å²) in [5.41, 5.74) is 5.09. The molecule has 1 aliphatic rings. The number of urea groups is 1. The molecule has 2 aromatic heterocycles. The van der Waals surface area contributed by atoms with Gasteiger partial charge in [-0.25, -0.2) is 14.5 Å². The smallest absolute Gasteiger partial charge is 0.333 e. The lowest BCUT2D eigenvalue weighted by atomic mass is 9.98. The number of fused-ring (bicyclic) bond motifs is 1. The van der Waals surface area contributed by atoms with Gasteiger partial charge in [0.1, 0.15) is 0 Å². The molecule has 11 heteroatoms. The highest BCUT2D eigenvalue weighted by Gasteiger charge is 2.28. The Labute approximate surface area is 224 Å². The maximum absolute atomic E-state index is 13.3. The Balaban J connectivity index is 1.65. The second-order valence-electron chi connectivity index (χ2n) is 9.96. The molecular formula is C27H36N6O4S. The summed E-state index contributed by atoms with van der Waals surface area (Å²) in [4.78, 5) is 19.3. The van der Waals surface area contributed by atoms with Crippen molar-refractivity contribution in [1.29, 1.82) is 0 Å². The number of rotatable bonds is 9. The van der Waals surface area contributed by atoms with Gasteiger partial charge in [-0.2, -0.15) is 13.5 Å². The molecule has 0 spiro atoms. The van der Waals surface area contributed by atoms with E-state index in [-0.39, 0.29) is 17.1 Å². The number of hydrogen-bond donors (Lipinski definition) is 2. The molecule has 2 amide bonds. The van der Waals surface area contributed by atoms with Crippen LogP contribution in [0.25, 0.3) is 11.1 Å². The fraction of sp³-hybridized carbons (Fsp3) is 0.444. The summed E-state index contributed by atoms with van der Waals surface area (Å²) in [7, 11) is 1.20. The number of carbonyl (C=O) groups is 1. The molecular weight excluding hydrogens is 504 g/mol. The zero-order valence-corrected chi connectivity index (χ0v) is 23.6. The molecule has 1 unspecified atom stereocenters. The van der Waals surface area contributed by atoms with Crippen molar-refractivity contribution >= 4 is 21.7 Å². The molecule has 38 heavy (non-hydrogen) atoms. The molecule has 2 heterocycles. The van der Waals surface area contributed by atoms with Crippen LogP contribution in [0.3, 0.4) is 0 Å². The van der Waals surface area contributed by atoms with Gasteiger partial charge in [0.15, 0.2) is 5.03 Å². The van der Waals surface area contributed by atoms with Crippen LogP contribution in [-0.4, -0.2) is 55.3 Å². The zero-order chi connectivity index (χ0) is 27.6. The second kappa shape index (κ2) is 11.1. The van der Waals surface area contributed by atoms with Gasteiger partial charge in [0.05, 0.1) is 24.5 Å². The van der Waals surface area contributed by atoms with Gasteiger partial charge in [-0.05, 0) is 76.4 Å². The largest absolute Gasteiger partial charge is 0.481 e. The lowest BCUT2D eigenvalue weighted by Gasteiger charge is -2.24. The van der Waals surface area contributed by atoms with E-state index in [0.717, 1.165) is 53.6 Å². The van der Waals surface area contributed by atoms with Gasteiger partial charge in [0.2, 0.25) is 5.88 Å². The summed E-state index contributed by atoms with van der Waals surface area (Å²) in [6.45, 7) is 5.93. The van der Waals surface area contributed by atoms with Gasteiger partial charge >= 0.3 is 6.03 Å². The SMILES string of the molecule is CCC(c1cc(S(=O)(=O)NC(=O)Nc2c(-c3ccnc(OC)c3)ccc3c2CCC3)nn1C(C)C)N(C)C. The molecule has 1 aliphatic carbocycles. The number of hydrogen-bond acceptors (Lipinski definition) is 7. The highest BCUT2D eigenvalue weighted by atomic mass is 32.2. The molecule has 4 rings (SSSR count). The van der Waals surface area contributed by atoms with Crippen molar-refractivity contribution in [3.05, 3.63) is 53.3 Å². The molecule has 2 N–H and O–H groups in total. The predicted molar refractivity (Wildman–Crippen MR) is 147 cm³/mol. The number of anilines is 1. The van der Waals surface area contributed by atoms with E-state index in [4.69, 9.17) is 4.74 Å². The molecule has 0 radical (unpaired) electrons. The first-order valence-corrected chi connectivity index (χ1v) is 14.3. The number of carbonyl (C=O) groups excluding carboxylic acids is 1. The quantitative estimate of drug-likeness (QED) is 0.409. The molecule has 0 saturated heterocycles. The van der Waals surface area contributed by atoms with E-state index in [1.165, 1.54) is 0 Å². The van der Waals surface area contributed by atoms with Crippen LogP contribution >= 0.6 is 0 Å². The molecule has 1 aromatic carbocycles. The first-order valence-electron chi connectivity index (χ1n) is 12.8. The lowest BCUT2D eigenvalue weighted by molar-refractivity contribution is 0.256. The average molecular weight is 541 g/mol.